The van der Waals surface area contributed by atoms with Crippen molar-refractivity contribution in [2.45, 2.75) is 45.1 Å². The Morgan fingerprint density at radius 2 is 2.06 bits per heavy atom. The lowest BCUT2D eigenvalue weighted by atomic mass is 10.1. The first-order valence-corrected chi connectivity index (χ1v) is 5.94. The Hall–Kier alpha value is -0.930. The van der Waals surface area contributed by atoms with Crippen molar-refractivity contribution < 1.29 is 10.2 Å². The molecule has 0 saturated heterocycles. The fraction of sp³-hybridized carbons (Fsp3) is 0.615. The van der Waals surface area contributed by atoms with E-state index < -0.39 is 0 Å². The summed E-state index contributed by atoms with van der Waals surface area (Å²) in [5.74, 6) is 0. The van der Waals surface area contributed by atoms with E-state index in [1.807, 2.05) is 25.1 Å². The Kier molecular flexibility index (Phi) is 6.04. The Morgan fingerprint density at radius 1 is 1.25 bits per heavy atom. The minimum absolute atomic E-state index is 0.246. The molecule has 1 unspecified atom stereocenters. The van der Waals surface area contributed by atoms with E-state index >= 15 is 0 Å². The smallest absolute Gasteiger partial charge is 0.0595 e. The maximum Gasteiger partial charge on any atom is 0.0595 e. The number of hydrogen-bond acceptors (Lipinski definition) is 3. The number of aliphatic hydroxyl groups is 2. The molecule has 0 aliphatic carbocycles. The average Bonchev–Trinajstić information content (AvgIpc) is 2.24. The van der Waals surface area contributed by atoms with E-state index in [2.05, 4.69) is 4.98 Å². The van der Waals surface area contributed by atoms with Gasteiger partial charge >= 0.3 is 0 Å². The van der Waals surface area contributed by atoms with Crippen LogP contribution < -0.4 is 0 Å². The fourth-order valence-corrected chi connectivity index (χ4v) is 1.73. The average molecular weight is 223 g/mol. The maximum atomic E-state index is 9.79. The van der Waals surface area contributed by atoms with Gasteiger partial charge in [-0.1, -0.05) is 18.9 Å². The first kappa shape index (κ1) is 13.1. The van der Waals surface area contributed by atoms with Crippen LogP contribution in [0.2, 0.25) is 0 Å². The molecule has 1 aromatic rings. The summed E-state index contributed by atoms with van der Waals surface area (Å²) in [7, 11) is 0. The van der Waals surface area contributed by atoms with Crippen molar-refractivity contribution in [3.05, 3.63) is 29.6 Å². The van der Waals surface area contributed by atoms with Gasteiger partial charge in [0.2, 0.25) is 0 Å². The molecule has 0 aliphatic heterocycles. The monoisotopic (exact) mass is 223 g/mol. The lowest BCUT2D eigenvalue weighted by molar-refractivity contribution is 0.158. The topological polar surface area (TPSA) is 53.4 Å². The summed E-state index contributed by atoms with van der Waals surface area (Å²) >= 11 is 0. The predicted molar refractivity (Wildman–Crippen MR) is 64.2 cm³/mol. The van der Waals surface area contributed by atoms with E-state index in [-0.39, 0.29) is 12.7 Å². The minimum atomic E-state index is -0.312. The number of aliphatic hydroxyl groups excluding tert-OH is 2. The highest BCUT2D eigenvalue weighted by molar-refractivity contribution is 5.10. The van der Waals surface area contributed by atoms with Gasteiger partial charge in [0.05, 0.1) is 6.10 Å². The molecule has 0 fully saturated rings. The minimum Gasteiger partial charge on any atom is -0.396 e. The Bertz CT molecular complexity index is 302. The molecule has 90 valence electrons. The zero-order valence-electron chi connectivity index (χ0n) is 9.89. The zero-order chi connectivity index (χ0) is 11.8. The molecule has 0 amide bonds. The fourth-order valence-electron chi connectivity index (χ4n) is 1.73. The Labute approximate surface area is 97.2 Å². The van der Waals surface area contributed by atoms with Gasteiger partial charge in [0.1, 0.15) is 0 Å². The molecule has 3 nitrogen and oxygen atoms in total. The number of aryl methyl sites for hydroxylation is 1. The summed E-state index contributed by atoms with van der Waals surface area (Å²) in [6, 6.07) is 5.87. The number of aromatic nitrogens is 1. The third-order valence-corrected chi connectivity index (χ3v) is 2.59. The van der Waals surface area contributed by atoms with Gasteiger partial charge < -0.3 is 10.2 Å². The molecule has 1 atom stereocenters. The van der Waals surface area contributed by atoms with Crippen molar-refractivity contribution >= 4 is 0 Å². The normalized spacial score (nSPS) is 12.7. The van der Waals surface area contributed by atoms with Crippen LogP contribution in [0.3, 0.4) is 0 Å². The van der Waals surface area contributed by atoms with E-state index in [4.69, 9.17) is 5.11 Å². The van der Waals surface area contributed by atoms with Gasteiger partial charge in [-0.25, -0.2) is 0 Å². The van der Waals surface area contributed by atoms with Gasteiger partial charge in [-0.3, -0.25) is 4.98 Å². The summed E-state index contributed by atoms with van der Waals surface area (Å²) < 4.78 is 0. The molecule has 1 heterocycles. The summed E-state index contributed by atoms with van der Waals surface area (Å²) in [6.45, 7) is 2.20. The van der Waals surface area contributed by atoms with Crippen molar-refractivity contribution in [3.63, 3.8) is 0 Å². The molecule has 3 heteroatoms. The predicted octanol–water partition coefficient (Wildman–Crippen LogP) is 1.85. The SMILES string of the molecule is Cc1cccc(CC(O)CCCCCO)n1. The molecular weight excluding hydrogens is 202 g/mol. The molecule has 0 aromatic carbocycles. The maximum absolute atomic E-state index is 9.79. The highest BCUT2D eigenvalue weighted by atomic mass is 16.3. The van der Waals surface area contributed by atoms with Crippen LogP contribution in [0.1, 0.15) is 37.1 Å². The first-order chi connectivity index (χ1) is 7.72. The van der Waals surface area contributed by atoms with E-state index in [9.17, 15) is 5.11 Å². The van der Waals surface area contributed by atoms with Crippen LogP contribution >= 0.6 is 0 Å². The van der Waals surface area contributed by atoms with Gasteiger partial charge in [-0.15, -0.1) is 0 Å². The number of nitrogens with zero attached hydrogens (tertiary/aromatic N) is 1. The van der Waals surface area contributed by atoms with Crippen LogP contribution in [0.15, 0.2) is 18.2 Å². The zero-order valence-corrected chi connectivity index (χ0v) is 9.89. The molecule has 1 aromatic heterocycles. The van der Waals surface area contributed by atoms with Crippen LogP contribution in [-0.4, -0.2) is 27.9 Å². The number of rotatable bonds is 7. The summed E-state index contributed by atoms with van der Waals surface area (Å²) in [5.41, 5.74) is 1.94. The lowest BCUT2D eigenvalue weighted by Crippen LogP contribution is -2.11. The highest BCUT2D eigenvalue weighted by Gasteiger charge is 2.06. The second-order valence-electron chi connectivity index (χ2n) is 4.20. The number of hydrogen-bond donors (Lipinski definition) is 2. The summed E-state index contributed by atoms with van der Waals surface area (Å²) in [6.07, 6.45) is 3.88. The molecule has 16 heavy (non-hydrogen) atoms. The van der Waals surface area contributed by atoms with E-state index in [0.717, 1.165) is 37.1 Å². The Morgan fingerprint density at radius 3 is 2.75 bits per heavy atom. The van der Waals surface area contributed by atoms with E-state index in [1.165, 1.54) is 0 Å². The Balaban J connectivity index is 2.25. The second-order valence-corrected chi connectivity index (χ2v) is 4.20. The molecule has 0 aliphatic rings. The molecule has 0 bridgehead atoms. The third kappa shape index (κ3) is 5.24. The molecule has 0 saturated carbocycles. The highest BCUT2D eigenvalue weighted by Crippen LogP contribution is 2.08. The van der Waals surface area contributed by atoms with E-state index in [1.54, 1.807) is 0 Å². The van der Waals surface area contributed by atoms with Gasteiger partial charge in [0.25, 0.3) is 0 Å². The van der Waals surface area contributed by atoms with Crippen LogP contribution in [0.4, 0.5) is 0 Å². The quantitative estimate of drug-likeness (QED) is 0.694. The van der Waals surface area contributed by atoms with Crippen molar-refractivity contribution in [2.75, 3.05) is 6.61 Å². The number of pyridine rings is 1. The van der Waals surface area contributed by atoms with Gasteiger partial charge in [0.15, 0.2) is 0 Å². The molecule has 2 N–H and O–H groups in total. The van der Waals surface area contributed by atoms with E-state index in [0.29, 0.717) is 6.42 Å². The molecule has 0 spiro atoms. The molecule has 0 radical (unpaired) electrons. The van der Waals surface area contributed by atoms with Crippen molar-refractivity contribution in [3.8, 4) is 0 Å². The molecular formula is C13H21NO2. The standard InChI is InChI=1S/C13H21NO2/c1-11-6-5-7-12(14-11)10-13(16)8-3-2-4-9-15/h5-7,13,15-16H,2-4,8-10H2,1H3. The van der Waals surface area contributed by atoms with Crippen molar-refractivity contribution in [2.24, 2.45) is 0 Å². The number of unbranched alkanes of at least 4 members (excludes halogenated alkanes) is 2. The van der Waals surface area contributed by atoms with Crippen LogP contribution in [0, 0.1) is 6.92 Å². The third-order valence-electron chi connectivity index (χ3n) is 2.59. The van der Waals surface area contributed by atoms with Gasteiger partial charge in [-0.05, 0) is 31.9 Å². The van der Waals surface area contributed by atoms with Crippen molar-refractivity contribution in [1.82, 2.24) is 4.98 Å². The first-order valence-electron chi connectivity index (χ1n) is 5.94. The second kappa shape index (κ2) is 7.36. The van der Waals surface area contributed by atoms with Crippen molar-refractivity contribution in [1.29, 1.82) is 0 Å². The van der Waals surface area contributed by atoms with Crippen LogP contribution in [-0.2, 0) is 6.42 Å². The lowest BCUT2D eigenvalue weighted by Gasteiger charge is -2.09. The van der Waals surface area contributed by atoms with Crippen LogP contribution in [0.25, 0.3) is 0 Å². The van der Waals surface area contributed by atoms with Gasteiger partial charge in [0, 0.05) is 24.4 Å². The summed E-state index contributed by atoms with van der Waals surface area (Å²) in [4.78, 5) is 4.36. The van der Waals surface area contributed by atoms with Crippen LogP contribution in [0.5, 0.6) is 0 Å². The largest absolute Gasteiger partial charge is 0.396 e. The van der Waals surface area contributed by atoms with Gasteiger partial charge in [-0.2, -0.15) is 0 Å². The molecule has 1 rings (SSSR count). The summed E-state index contributed by atoms with van der Waals surface area (Å²) in [5, 5.41) is 18.4.